The summed E-state index contributed by atoms with van der Waals surface area (Å²) in [7, 11) is 0. The molecule has 2 aromatic carbocycles. The van der Waals surface area contributed by atoms with Crippen molar-refractivity contribution in [3.05, 3.63) is 54.1 Å². The van der Waals surface area contributed by atoms with E-state index in [1.807, 2.05) is 56.3 Å². The number of carbonyl (C=O) groups is 2. The first-order chi connectivity index (χ1) is 11.6. The molecule has 0 saturated carbocycles. The number of hydrogen-bond acceptors (Lipinski definition) is 3. The standard InChI is InChI=1S/C19H20N2O3/c1-13-7-3-6-10-17(13)24-12-19(23)21-14(2)11-18(22)20-15-8-4-5-9-16(15)21/h3-10,14H,11-12H2,1-2H3,(H,20,22)/t14-/m1/s1. The summed E-state index contributed by atoms with van der Waals surface area (Å²) in [4.78, 5) is 26.4. The van der Waals surface area contributed by atoms with Crippen LogP contribution in [0.1, 0.15) is 18.9 Å². The molecule has 2 aromatic rings. The van der Waals surface area contributed by atoms with Crippen LogP contribution in [0.25, 0.3) is 0 Å². The smallest absolute Gasteiger partial charge is 0.265 e. The summed E-state index contributed by atoms with van der Waals surface area (Å²) in [6.07, 6.45) is 0.255. The Morgan fingerprint density at radius 2 is 1.92 bits per heavy atom. The predicted molar refractivity (Wildman–Crippen MR) is 93.3 cm³/mol. The molecule has 5 heteroatoms. The molecule has 0 fully saturated rings. The molecule has 1 atom stereocenters. The number of aryl methyl sites for hydroxylation is 1. The van der Waals surface area contributed by atoms with Crippen molar-refractivity contribution in [2.45, 2.75) is 26.3 Å². The van der Waals surface area contributed by atoms with Crippen LogP contribution in [0.3, 0.4) is 0 Å². The molecule has 0 unspecified atom stereocenters. The maximum absolute atomic E-state index is 12.8. The monoisotopic (exact) mass is 324 g/mol. The molecular weight excluding hydrogens is 304 g/mol. The first kappa shape index (κ1) is 16.1. The van der Waals surface area contributed by atoms with Crippen molar-refractivity contribution in [3.8, 4) is 5.75 Å². The van der Waals surface area contributed by atoms with Crippen LogP contribution >= 0.6 is 0 Å². The van der Waals surface area contributed by atoms with Crippen LogP contribution in [0.4, 0.5) is 11.4 Å². The summed E-state index contributed by atoms with van der Waals surface area (Å²) >= 11 is 0. The van der Waals surface area contributed by atoms with Crippen LogP contribution < -0.4 is 15.0 Å². The Morgan fingerprint density at radius 3 is 2.71 bits per heavy atom. The quantitative estimate of drug-likeness (QED) is 0.943. The van der Waals surface area contributed by atoms with E-state index in [9.17, 15) is 9.59 Å². The molecule has 5 nitrogen and oxygen atoms in total. The zero-order chi connectivity index (χ0) is 17.1. The fourth-order valence-corrected chi connectivity index (χ4v) is 2.90. The lowest BCUT2D eigenvalue weighted by molar-refractivity contribution is -0.121. The summed E-state index contributed by atoms with van der Waals surface area (Å²) in [6.45, 7) is 3.73. The van der Waals surface area contributed by atoms with E-state index in [0.29, 0.717) is 17.1 Å². The molecule has 0 spiro atoms. The molecule has 24 heavy (non-hydrogen) atoms. The molecule has 0 aliphatic carbocycles. The number of benzene rings is 2. The van der Waals surface area contributed by atoms with Crippen LogP contribution in [0.2, 0.25) is 0 Å². The van der Waals surface area contributed by atoms with Crippen molar-refractivity contribution in [2.75, 3.05) is 16.8 Å². The lowest BCUT2D eigenvalue weighted by atomic mass is 10.1. The van der Waals surface area contributed by atoms with Gasteiger partial charge in [0.1, 0.15) is 5.75 Å². The van der Waals surface area contributed by atoms with Crippen molar-refractivity contribution in [1.82, 2.24) is 0 Å². The average Bonchev–Trinajstić information content (AvgIpc) is 2.68. The molecule has 1 aliphatic heterocycles. The van der Waals surface area contributed by atoms with E-state index < -0.39 is 0 Å². The number of rotatable bonds is 3. The number of hydrogen-bond donors (Lipinski definition) is 1. The molecule has 0 saturated heterocycles. The molecule has 0 bridgehead atoms. The fourth-order valence-electron chi connectivity index (χ4n) is 2.90. The van der Waals surface area contributed by atoms with Gasteiger partial charge in [0, 0.05) is 12.5 Å². The molecular formula is C19H20N2O3. The molecule has 1 N–H and O–H groups in total. The van der Waals surface area contributed by atoms with E-state index in [2.05, 4.69) is 5.32 Å². The molecule has 1 aliphatic rings. The zero-order valence-electron chi connectivity index (χ0n) is 13.8. The minimum atomic E-state index is -0.235. The van der Waals surface area contributed by atoms with E-state index in [-0.39, 0.29) is 30.9 Å². The lowest BCUT2D eigenvalue weighted by Crippen LogP contribution is -2.41. The van der Waals surface area contributed by atoms with Gasteiger partial charge in [-0.3, -0.25) is 9.59 Å². The van der Waals surface area contributed by atoms with Gasteiger partial charge in [-0.25, -0.2) is 0 Å². The summed E-state index contributed by atoms with van der Waals surface area (Å²) in [5.41, 5.74) is 2.33. The Morgan fingerprint density at radius 1 is 1.21 bits per heavy atom. The fraction of sp³-hybridized carbons (Fsp3) is 0.263. The highest BCUT2D eigenvalue weighted by molar-refractivity contribution is 6.04. The van der Waals surface area contributed by atoms with Gasteiger partial charge in [0.2, 0.25) is 5.91 Å². The number of anilines is 2. The summed E-state index contributed by atoms with van der Waals surface area (Å²) in [6, 6.07) is 14.7. The number of fused-ring (bicyclic) bond motifs is 1. The van der Waals surface area contributed by atoms with E-state index in [0.717, 1.165) is 5.56 Å². The van der Waals surface area contributed by atoms with Crippen molar-refractivity contribution < 1.29 is 14.3 Å². The van der Waals surface area contributed by atoms with Crippen LogP contribution in [0, 0.1) is 6.92 Å². The Balaban J connectivity index is 1.83. The van der Waals surface area contributed by atoms with Crippen molar-refractivity contribution in [2.24, 2.45) is 0 Å². The third-order valence-corrected chi connectivity index (χ3v) is 4.07. The van der Waals surface area contributed by atoms with E-state index >= 15 is 0 Å². The van der Waals surface area contributed by atoms with Gasteiger partial charge < -0.3 is 15.0 Å². The number of nitrogens with one attached hydrogen (secondary N) is 1. The maximum atomic E-state index is 12.8. The second kappa shape index (κ2) is 6.74. The van der Waals surface area contributed by atoms with E-state index in [1.54, 1.807) is 11.0 Å². The second-order valence-corrected chi connectivity index (χ2v) is 5.94. The minimum Gasteiger partial charge on any atom is -0.483 e. The first-order valence-corrected chi connectivity index (χ1v) is 7.95. The SMILES string of the molecule is Cc1ccccc1OCC(=O)N1c2ccccc2NC(=O)C[C@H]1C. The minimum absolute atomic E-state index is 0.0717. The van der Waals surface area contributed by atoms with Crippen molar-refractivity contribution in [3.63, 3.8) is 0 Å². The highest BCUT2D eigenvalue weighted by Gasteiger charge is 2.29. The van der Waals surface area contributed by atoms with Gasteiger partial charge in [-0.2, -0.15) is 0 Å². The largest absolute Gasteiger partial charge is 0.483 e. The number of para-hydroxylation sites is 3. The predicted octanol–water partition coefficient (Wildman–Crippen LogP) is 3.14. The molecule has 124 valence electrons. The summed E-state index contributed by atoms with van der Waals surface area (Å²) < 4.78 is 5.69. The van der Waals surface area contributed by atoms with Crippen LogP contribution in [-0.2, 0) is 9.59 Å². The highest BCUT2D eigenvalue weighted by Crippen LogP contribution is 2.31. The van der Waals surface area contributed by atoms with Gasteiger partial charge in [-0.15, -0.1) is 0 Å². The van der Waals surface area contributed by atoms with Crippen LogP contribution in [0.15, 0.2) is 48.5 Å². The Kier molecular flexibility index (Phi) is 4.51. The van der Waals surface area contributed by atoms with Gasteiger partial charge in [-0.05, 0) is 37.6 Å². The van der Waals surface area contributed by atoms with Gasteiger partial charge in [0.15, 0.2) is 6.61 Å². The Labute approximate surface area is 141 Å². The number of nitrogens with zero attached hydrogens (tertiary/aromatic N) is 1. The van der Waals surface area contributed by atoms with Gasteiger partial charge in [-0.1, -0.05) is 30.3 Å². The lowest BCUT2D eigenvalue weighted by Gasteiger charge is -2.27. The van der Waals surface area contributed by atoms with E-state index in [4.69, 9.17) is 4.74 Å². The normalized spacial score (nSPS) is 16.8. The Bertz CT molecular complexity index is 773. The third kappa shape index (κ3) is 3.25. The maximum Gasteiger partial charge on any atom is 0.265 e. The van der Waals surface area contributed by atoms with Gasteiger partial charge >= 0.3 is 0 Å². The summed E-state index contributed by atoms with van der Waals surface area (Å²) in [5, 5.41) is 2.85. The van der Waals surface area contributed by atoms with Crippen LogP contribution in [-0.4, -0.2) is 24.5 Å². The zero-order valence-corrected chi connectivity index (χ0v) is 13.8. The van der Waals surface area contributed by atoms with Crippen LogP contribution in [0.5, 0.6) is 5.75 Å². The van der Waals surface area contributed by atoms with Crippen molar-refractivity contribution >= 4 is 23.2 Å². The molecule has 0 aromatic heterocycles. The highest BCUT2D eigenvalue weighted by atomic mass is 16.5. The number of carbonyl (C=O) groups excluding carboxylic acids is 2. The molecule has 3 rings (SSSR count). The third-order valence-electron chi connectivity index (χ3n) is 4.07. The second-order valence-electron chi connectivity index (χ2n) is 5.94. The number of ether oxygens (including phenoxy) is 1. The van der Waals surface area contributed by atoms with E-state index in [1.165, 1.54) is 0 Å². The molecule has 0 radical (unpaired) electrons. The van der Waals surface area contributed by atoms with Gasteiger partial charge in [0.25, 0.3) is 5.91 Å². The van der Waals surface area contributed by atoms with Gasteiger partial charge in [0.05, 0.1) is 11.4 Å². The molecule has 2 amide bonds. The Hall–Kier alpha value is -2.82. The average molecular weight is 324 g/mol. The topological polar surface area (TPSA) is 58.6 Å². The van der Waals surface area contributed by atoms with Crippen molar-refractivity contribution in [1.29, 1.82) is 0 Å². The summed E-state index contributed by atoms with van der Waals surface area (Å²) in [5.74, 6) is 0.426. The molecule has 1 heterocycles. The first-order valence-electron chi connectivity index (χ1n) is 7.95. The number of amides is 2.